The zero-order valence-corrected chi connectivity index (χ0v) is 10.2. The summed E-state index contributed by atoms with van der Waals surface area (Å²) in [5, 5.41) is 0. The third-order valence-corrected chi connectivity index (χ3v) is 2.92. The molecule has 16 heavy (non-hydrogen) atoms. The number of aryl methyl sites for hydroxylation is 1. The highest BCUT2D eigenvalue weighted by Gasteiger charge is 2.40. The number of anilines is 1. The molecule has 3 heterocycles. The minimum atomic E-state index is 0.407. The maximum Gasteiger partial charge on any atom is 0.225 e. The molecule has 2 unspecified atom stereocenters. The maximum absolute atomic E-state index is 5.53. The first-order valence-corrected chi connectivity index (χ1v) is 6.00. The molecule has 0 aliphatic carbocycles. The van der Waals surface area contributed by atoms with E-state index in [1.54, 1.807) is 0 Å². The number of aromatic nitrogens is 2. The van der Waals surface area contributed by atoms with Gasteiger partial charge in [0.15, 0.2) is 0 Å². The fourth-order valence-corrected chi connectivity index (χ4v) is 2.18. The van der Waals surface area contributed by atoms with Crippen molar-refractivity contribution in [3.8, 4) is 0 Å². The SMILES string of the molecule is CC.Cc1cnc(N2CC3CC2CO3)nc1. The Morgan fingerprint density at radius 2 is 2.00 bits per heavy atom. The Balaban J connectivity index is 0.000000457. The Hall–Kier alpha value is -1.16. The van der Waals surface area contributed by atoms with Crippen LogP contribution in [0.25, 0.3) is 0 Å². The molecule has 1 aromatic rings. The van der Waals surface area contributed by atoms with Crippen LogP contribution in [0.5, 0.6) is 0 Å². The van der Waals surface area contributed by atoms with Gasteiger partial charge >= 0.3 is 0 Å². The first-order chi connectivity index (χ1) is 7.83. The van der Waals surface area contributed by atoms with Crippen LogP contribution in [0.4, 0.5) is 5.95 Å². The number of nitrogens with zero attached hydrogens (tertiary/aromatic N) is 3. The van der Waals surface area contributed by atoms with E-state index in [-0.39, 0.29) is 0 Å². The molecule has 2 aliphatic rings. The summed E-state index contributed by atoms with van der Waals surface area (Å²) in [6.45, 7) is 7.79. The second kappa shape index (κ2) is 4.78. The summed E-state index contributed by atoms with van der Waals surface area (Å²) in [7, 11) is 0. The van der Waals surface area contributed by atoms with E-state index in [0.717, 1.165) is 31.1 Å². The smallest absolute Gasteiger partial charge is 0.225 e. The van der Waals surface area contributed by atoms with Gasteiger partial charge in [0.25, 0.3) is 0 Å². The number of morpholine rings is 1. The molecule has 4 nitrogen and oxygen atoms in total. The van der Waals surface area contributed by atoms with E-state index in [9.17, 15) is 0 Å². The lowest BCUT2D eigenvalue weighted by atomic mass is 10.2. The largest absolute Gasteiger partial charge is 0.374 e. The van der Waals surface area contributed by atoms with Crippen molar-refractivity contribution >= 4 is 5.95 Å². The fraction of sp³-hybridized carbons (Fsp3) is 0.667. The van der Waals surface area contributed by atoms with E-state index in [0.29, 0.717) is 12.1 Å². The van der Waals surface area contributed by atoms with Gasteiger partial charge < -0.3 is 9.64 Å². The zero-order valence-electron chi connectivity index (χ0n) is 10.2. The van der Waals surface area contributed by atoms with Crippen LogP contribution in [0.3, 0.4) is 0 Å². The van der Waals surface area contributed by atoms with Crippen LogP contribution < -0.4 is 4.90 Å². The van der Waals surface area contributed by atoms with Crippen molar-refractivity contribution in [1.29, 1.82) is 0 Å². The first kappa shape index (κ1) is 11.3. The second-order valence-corrected chi connectivity index (χ2v) is 4.06. The van der Waals surface area contributed by atoms with Crippen LogP contribution in [0.15, 0.2) is 12.4 Å². The van der Waals surface area contributed by atoms with E-state index in [1.165, 1.54) is 0 Å². The molecule has 0 N–H and O–H groups in total. The predicted molar refractivity (Wildman–Crippen MR) is 63.6 cm³/mol. The first-order valence-electron chi connectivity index (χ1n) is 6.00. The van der Waals surface area contributed by atoms with Gasteiger partial charge in [-0.25, -0.2) is 9.97 Å². The van der Waals surface area contributed by atoms with Crippen molar-refractivity contribution in [1.82, 2.24) is 9.97 Å². The normalized spacial score (nSPS) is 26.6. The van der Waals surface area contributed by atoms with Gasteiger partial charge in [-0.3, -0.25) is 0 Å². The zero-order chi connectivity index (χ0) is 11.5. The average molecular weight is 221 g/mol. The number of hydrogen-bond acceptors (Lipinski definition) is 4. The third-order valence-electron chi connectivity index (χ3n) is 2.92. The lowest BCUT2D eigenvalue weighted by Gasteiger charge is -2.26. The molecule has 4 heteroatoms. The summed E-state index contributed by atoms with van der Waals surface area (Å²) in [5.74, 6) is 0.853. The molecule has 2 fully saturated rings. The molecule has 1 aromatic heterocycles. The van der Waals surface area contributed by atoms with Gasteiger partial charge in [0.05, 0.1) is 18.8 Å². The van der Waals surface area contributed by atoms with Gasteiger partial charge in [-0.2, -0.15) is 0 Å². The summed E-state index contributed by atoms with van der Waals surface area (Å²) in [6.07, 6.45) is 5.28. The molecular weight excluding hydrogens is 202 g/mol. The fourth-order valence-electron chi connectivity index (χ4n) is 2.18. The number of hydrogen-bond donors (Lipinski definition) is 0. The molecule has 2 saturated heterocycles. The van der Waals surface area contributed by atoms with Gasteiger partial charge in [0.1, 0.15) is 0 Å². The number of rotatable bonds is 1. The van der Waals surface area contributed by atoms with Crippen molar-refractivity contribution < 1.29 is 4.74 Å². The summed E-state index contributed by atoms with van der Waals surface area (Å²) in [4.78, 5) is 10.9. The lowest BCUT2D eigenvalue weighted by molar-refractivity contribution is 0.0986. The molecule has 0 radical (unpaired) electrons. The van der Waals surface area contributed by atoms with Crippen LogP contribution in [0.1, 0.15) is 25.8 Å². The van der Waals surface area contributed by atoms with Gasteiger partial charge in [-0.05, 0) is 18.9 Å². The lowest BCUT2D eigenvalue weighted by Crippen LogP contribution is -2.38. The minimum Gasteiger partial charge on any atom is -0.374 e. The molecule has 88 valence electrons. The van der Waals surface area contributed by atoms with Crippen molar-refractivity contribution in [3.05, 3.63) is 18.0 Å². The number of fused-ring (bicyclic) bond motifs is 2. The summed E-state index contributed by atoms with van der Waals surface area (Å²) in [6, 6.07) is 0.503. The highest BCUT2D eigenvalue weighted by Crippen LogP contribution is 2.30. The average Bonchev–Trinajstić information content (AvgIpc) is 2.94. The van der Waals surface area contributed by atoms with Crippen LogP contribution in [0.2, 0.25) is 0 Å². The summed E-state index contributed by atoms with van der Waals surface area (Å²) >= 11 is 0. The third kappa shape index (κ3) is 2.02. The van der Waals surface area contributed by atoms with Crippen LogP contribution in [0, 0.1) is 6.92 Å². The maximum atomic E-state index is 5.53. The van der Waals surface area contributed by atoms with Gasteiger partial charge in [-0.15, -0.1) is 0 Å². The van der Waals surface area contributed by atoms with E-state index in [1.807, 2.05) is 33.2 Å². The van der Waals surface area contributed by atoms with Crippen molar-refractivity contribution in [2.75, 3.05) is 18.1 Å². The number of ether oxygens (including phenoxy) is 1. The van der Waals surface area contributed by atoms with Crippen molar-refractivity contribution in [3.63, 3.8) is 0 Å². The van der Waals surface area contributed by atoms with E-state index in [4.69, 9.17) is 4.74 Å². The van der Waals surface area contributed by atoms with E-state index >= 15 is 0 Å². The summed E-state index contributed by atoms with van der Waals surface area (Å²) in [5.41, 5.74) is 1.11. The Kier molecular flexibility index (Phi) is 3.39. The predicted octanol–water partition coefficient (Wildman–Crippen LogP) is 1.79. The van der Waals surface area contributed by atoms with Crippen LogP contribution in [-0.2, 0) is 4.74 Å². The van der Waals surface area contributed by atoms with E-state index < -0.39 is 0 Å². The van der Waals surface area contributed by atoms with Crippen molar-refractivity contribution in [2.24, 2.45) is 0 Å². The molecule has 3 rings (SSSR count). The van der Waals surface area contributed by atoms with Gasteiger partial charge in [0.2, 0.25) is 5.95 Å². The molecule has 0 spiro atoms. The molecule has 0 amide bonds. The Labute approximate surface area is 96.7 Å². The Morgan fingerprint density at radius 1 is 1.31 bits per heavy atom. The molecular formula is C12H19N3O. The highest BCUT2D eigenvalue weighted by molar-refractivity contribution is 5.35. The molecule has 0 saturated carbocycles. The van der Waals surface area contributed by atoms with Crippen LogP contribution >= 0.6 is 0 Å². The standard InChI is InChI=1S/C10H13N3O.C2H6/c1-7-3-11-10(12-4-7)13-5-9-2-8(13)6-14-9;1-2/h3-4,8-9H,2,5-6H2,1H3;1-2H3. The molecule has 0 aromatic carbocycles. The van der Waals surface area contributed by atoms with Gasteiger partial charge in [0, 0.05) is 18.9 Å². The molecule has 2 atom stereocenters. The van der Waals surface area contributed by atoms with Gasteiger partial charge in [-0.1, -0.05) is 13.8 Å². The van der Waals surface area contributed by atoms with E-state index in [2.05, 4.69) is 14.9 Å². The highest BCUT2D eigenvalue weighted by atomic mass is 16.5. The Bertz CT molecular complexity index is 339. The Morgan fingerprint density at radius 3 is 2.50 bits per heavy atom. The molecule has 2 bridgehead atoms. The van der Waals surface area contributed by atoms with Crippen molar-refractivity contribution in [2.45, 2.75) is 39.3 Å². The quantitative estimate of drug-likeness (QED) is 0.724. The second-order valence-electron chi connectivity index (χ2n) is 4.06. The monoisotopic (exact) mass is 221 g/mol. The minimum absolute atomic E-state index is 0.407. The summed E-state index contributed by atoms with van der Waals surface area (Å²) < 4.78 is 5.53. The topological polar surface area (TPSA) is 38.2 Å². The van der Waals surface area contributed by atoms with Crippen LogP contribution in [-0.4, -0.2) is 35.3 Å². The molecule has 2 aliphatic heterocycles.